The van der Waals surface area contributed by atoms with E-state index >= 15 is 0 Å². The molecular formula is C6H2FN2. The SMILES string of the molecule is N#Cc1c[c]nc(F)c1. The van der Waals surface area contributed by atoms with E-state index in [1.165, 1.54) is 6.07 Å². The minimum atomic E-state index is -0.672. The second-order valence-electron chi connectivity index (χ2n) is 1.42. The van der Waals surface area contributed by atoms with Crippen molar-refractivity contribution in [3.8, 4) is 6.07 Å². The predicted molar refractivity (Wildman–Crippen MR) is 27.7 cm³/mol. The van der Waals surface area contributed by atoms with Crippen molar-refractivity contribution in [2.45, 2.75) is 0 Å². The fourth-order valence-corrected chi connectivity index (χ4v) is 0.430. The summed E-state index contributed by atoms with van der Waals surface area (Å²) in [6.07, 6.45) is 2.23. The molecule has 1 radical (unpaired) electrons. The maximum atomic E-state index is 12.1. The Morgan fingerprint density at radius 3 is 3.00 bits per heavy atom. The zero-order valence-electron chi connectivity index (χ0n) is 4.43. The first kappa shape index (κ1) is 5.70. The lowest BCUT2D eigenvalue weighted by molar-refractivity contribution is 0.582. The van der Waals surface area contributed by atoms with Crippen molar-refractivity contribution < 1.29 is 4.39 Å². The maximum Gasteiger partial charge on any atom is 0.214 e. The lowest BCUT2D eigenvalue weighted by atomic mass is 10.3. The van der Waals surface area contributed by atoms with Crippen LogP contribution in [-0.2, 0) is 0 Å². The molecule has 0 aliphatic heterocycles. The van der Waals surface area contributed by atoms with Crippen LogP contribution in [0.5, 0.6) is 0 Å². The van der Waals surface area contributed by atoms with Gasteiger partial charge in [0.25, 0.3) is 0 Å². The zero-order valence-corrected chi connectivity index (χ0v) is 4.43. The van der Waals surface area contributed by atoms with Gasteiger partial charge in [-0.1, -0.05) is 0 Å². The molecule has 0 saturated carbocycles. The van der Waals surface area contributed by atoms with E-state index in [0.717, 1.165) is 6.07 Å². The first-order valence-electron chi connectivity index (χ1n) is 2.26. The van der Waals surface area contributed by atoms with Crippen molar-refractivity contribution in [3.63, 3.8) is 0 Å². The molecule has 9 heavy (non-hydrogen) atoms. The van der Waals surface area contributed by atoms with E-state index in [1.54, 1.807) is 6.07 Å². The molecular weight excluding hydrogens is 119 g/mol. The molecule has 1 aromatic rings. The van der Waals surface area contributed by atoms with Gasteiger partial charge < -0.3 is 0 Å². The topological polar surface area (TPSA) is 36.7 Å². The third kappa shape index (κ3) is 1.23. The minimum Gasteiger partial charge on any atom is -0.218 e. The van der Waals surface area contributed by atoms with Gasteiger partial charge >= 0.3 is 0 Å². The number of hydrogen-bond acceptors (Lipinski definition) is 2. The van der Waals surface area contributed by atoms with Crippen LogP contribution >= 0.6 is 0 Å². The van der Waals surface area contributed by atoms with Gasteiger partial charge in [-0.15, -0.1) is 0 Å². The number of rotatable bonds is 0. The minimum absolute atomic E-state index is 0.238. The van der Waals surface area contributed by atoms with E-state index in [4.69, 9.17) is 5.26 Å². The van der Waals surface area contributed by atoms with Gasteiger partial charge in [0.15, 0.2) is 0 Å². The summed E-state index contributed by atoms with van der Waals surface area (Å²) in [5.41, 5.74) is 0.238. The van der Waals surface area contributed by atoms with Gasteiger partial charge in [0, 0.05) is 6.07 Å². The molecule has 0 aromatic carbocycles. The molecule has 3 heteroatoms. The molecule has 1 heterocycles. The van der Waals surface area contributed by atoms with Crippen LogP contribution in [0.1, 0.15) is 5.56 Å². The smallest absolute Gasteiger partial charge is 0.214 e. The fourth-order valence-electron chi connectivity index (χ4n) is 0.430. The number of aromatic nitrogens is 1. The molecule has 0 saturated heterocycles. The molecule has 0 spiro atoms. The summed E-state index contributed by atoms with van der Waals surface area (Å²) >= 11 is 0. The summed E-state index contributed by atoms with van der Waals surface area (Å²) < 4.78 is 12.1. The van der Waals surface area contributed by atoms with Crippen LogP contribution in [0.4, 0.5) is 4.39 Å². The van der Waals surface area contributed by atoms with E-state index in [2.05, 4.69) is 11.2 Å². The average Bonchev–Trinajstić information content (AvgIpc) is 1.88. The van der Waals surface area contributed by atoms with Crippen LogP contribution in [0.25, 0.3) is 0 Å². The highest BCUT2D eigenvalue weighted by Crippen LogP contribution is 1.95. The van der Waals surface area contributed by atoms with Crippen molar-refractivity contribution in [2.75, 3.05) is 0 Å². The Kier molecular flexibility index (Phi) is 1.41. The third-order valence-corrected chi connectivity index (χ3v) is 0.795. The third-order valence-electron chi connectivity index (χ3n) is 0.795. The van der Waals surface area contributed by atoms with Crippen LogP contribution < -0.4 is 0 Å². The van der Waals surface area contributed by atoms with Gasteiger partial charge in [0.05, 0.1) is 17.8 Å². The van der Waals surface area contributed by atoms with Gasteiger partial charge in [0.2, 0.25) is 5.95 Å². The monoisotopic (exact) mass is 121 g/mol. The quantitative estimate of drug-likeness (QED) is 0.478. The van der Waals surface area contributed by atoms with E-state index < -0.39 is 5.95 Å². The summed E-state index contributed by atoms with van der Waals surface area (Å²) in [5, 5.41) is 8.20. The molecule has 0 amide bonds. The van der Waals surface area contributed by atoms with Crippen LogP contribution in [0.15, 0.2) is 12.1 Å². The Morgan fingerprint density at radius 2 is 2.56 bits per heavy atom. The first-order valence-corrected chi connectivity index (χ1v) is 2.26. The number of pyridine rings is 1. The molecule has 0 atom stereocenters. The normalized spacial score (nSPS) is 8.44. The Bertz CT molecular complexity index is 251. The van der Waals surface area contributed by atoms with Gasteiger partial charge in [-0.25, -0.2) is 4.98 Å². The molecule has 0 aliphatic rings. The van der Waals surface area contributed by atoms with Gasteiger partial charge in [-0.05, 0) is 6.07 Å². The van der Waals surface area contributed by atoms with E-state index in [-0.39, 0.29) is 5.56 Å². The second kappa shape index (κ2) is 2.23. The molecule has 0 bridgehead atoms. The van der Waals surface area contributed by atoms with E-state index in [1.807, 2.05) is 0 Å². The number of halogens is 1. The molecule has 1 rings (SSSR count). The fraction of sp³-hybridized carbons (Fsp3) is 0. The van der Waals surface area contributed by atoms with Crippen LogP contribution in [0, 0.1) is 23.5 Å². The van der Waals surface area contributed by atoms with Crippen molar-refractivity contribution in [2.24, 2.45) is 0 Å². The van der Waals surface area contributed by atoms with Crippen molar-refractivity contribution in [3.05, 3.63) is 29.8 Å². The number of hydrogen-bond donors (Lipinski definition) is 0. The van der Waals surface area contributed by atoms with Crippen LogP contribution in [0.3, 0.4) is 0 Å². The molecule has 0 aliphatic carbocycles. The molecule has 1 aromatic heterocycles. The van der Waals surface area contributed by atoms with E-state index in [9.17, 15) is 4.39 Å². The van der Waals surface area contributed by atoms with Crippen molar-refractivity contribution >= 4 is 0 Å². The molecule has 0 fully saturated rings. The number of nitrogens with zero attached hydrogens (tertiary/aromatic N) is 2. The Balaban J connectivity index is 3.12. The van der Waals surface area contributed by atoms with Crippen LogP contribution in [-0.4, -0.2) is 4.98 Å². The van der Waals surface area contributed by atoms with Gasteiger partial charge in [0.1, 0.15) is 0 Å². The lowest BCUT2D eigenvalue weighted by Gasteiger charge is -1.83. The summed E-state index contributed by atoms with van der Waals surface area (Å²) in [5.74, 6) is -0.672. The Morgan fingerprint density at radius 1 is 1.78 bits per heavy atom. The highest BCUT2D eigenvalue weighted by molar-refractivity contribution is 5.24. The number of nitriles is 1. The van der Waals surface area contributed by atoms with Crippen molar-refractivity contribution in [1.29, 1.82) is 5.26 Å². The zero-order chi connectivity index (χ0) is 6.69. The van der Waals surface area contributed by atoms with Gasteiger partial charge in [-0.2, -0.15) is 9.65 Å². The summed E-state index contributed by atoms with van der Waals surface area (Å²) in [7, 11) is 0. The van der Waals surface area contributed by atoms with Gasteiger partial charge in [-0.3, -0.25) is 0 Å². The highest BCUT2D eigenvalue weighted by Gasteiger charge is 1.91. The maximum absolute atomic E-state index is 12.1. The first-order chi connectivity index (χ1) is 4.33. The molecule has 0 unspecified atom stereocenters. The standard InChI is InChI=1S/C6H2FN2/c7-6-3-5(4-8)1-2-9-6/h1,3H. The Labute approximate surface area is 51.6 Å². The second-order valence-corrected chi connectivity index (χ2v) is 1.42. The summed E-state index contributed by atoms with van der Waals surface area (Å²) in [6, 6.07) is 4.13. The molecule has 2 nitrogen and oxygen atoms in total. The molecule has 0 N–H and O–H groups in total. The van der Waals surface area contributed by atoms with Crippen LogP contribution in [0.2, 0.25) is 0 Å². The Hall–Kier alpha value is -1.43. The lowest BCUT2D eigenvalue weighted by Crippen LogP contribution is -1.81. The van der Waals surface area contributed by atoms with E-state index in [0.29, 0.717) is 0 Å². The largest absolute Gasteiger partial charge is 0.218 e. The highest BCUT2D eigenvalue weighted by atomic mass is 19.1. The summed E-state index contributed by atoms with van der Waals surface area (Å²) in [4.78, 5) is 3.14. The summed E-state index contributed by atoms with van der Waals surface area (Å²) in [6.45, 7) is 0. The predicted octanol–water partition coefficient (Wildman–Crippen LogP) is 0.893. The average molecular weight is 121 g/mol. The molecule has 43 valence electrons. The van der Waals surface area contributed by atoms with Crippen molar-refractivity contribution in [1.82, 2.24) is 4.98 Å².